The van der Waals surface area contributed by atoms with Gasteiger partial charge in [0.05, 0.1) is 16.4 Å². The van der Waals surface area contributed by atoms with Gasteiger partial charge >= 0.3 is 6.03 Å². The number of halogens is 2. The highest BCUT2D eigenvalue weighted by molar-refractivity contribution is 7.92. The Kier molecular flexibility index (Phi) is 6.30. The van der Waals surface area contributed by atoms with Crippen molar-refractivity contribution in [2.24, 2.45) is 0 Å². The van der Waals surface area contributed by atoms with Crippen molar-refractivity contribution in [3.63, 3.8) is 0 Å². The molecule has 1 aliphatic rings. The van der Waals surface area contributed by atoms with E-state index in [0.29, 0.717) is 5.56 Å². The molecule has 4 amide bonds. The van der Waals surface area contributed by atoms with Crippen LogP contribution in [0, 0.1) is 5.82 Å². The van der Waals surface area contributed by atoms with Gasteiger partial charge in [0.25, 0.3) is 15.9 Å². The number of hydrogen-bond acceptors (Lipinski definition) is 7. The fourth-order valence-corrected chi connectivity index (χ4v) is 5.75. The molecule has 4 rings (SSSR count). The molecule has 0 aliphatic carbocycles. The Balaban J connectivity index is 1.52. The molecule has 176 valence electrons. The summed E-state index contributed by atoms with van der Waals surface area (Å²) in [6, 6.07) is 9.67. The average molecular weight is 523 g/mol. The summed E-state index contributed by atoms with van der Waals surface area (Å²) in [4.78, 5) is 38.4. The first-order valence-electron chi connectivity index (χ1n) is 9.65. The Hall–Kier alpha value is -3.48. The monoisotopic (exact) mass is 522 g/mol. The maximum absolute atomic E-state index is 14.9. The predicted octanol–water partition coefficient (Wildman–Crippen LogP) is 3.82. The number of benzene rings is 2. The van der Waals surface area contributed by atoms with Crippen molar-refractivity contribution in [2.75, 3.05) is 22.6 Å². The second-order valence-corrected chi connectivity index (χ2v) is 10.7. The van der Waals surface area contributed by atoms with Gasteiger partial charge in [-0.2, -0.15) is 0 Å². The van der Waals surface area contributed by atoms with Crippen LogP contribution < -0.4 is 20.3 Å². The SMILES string of the molecule is CNc1ccc2c(c1)CC(=O)N(c1ccc(NC(=O)NS(=O)(=O)c3ccc(Cl)s3)cc1F)C2=O. The van der Waals surface area contributed by atoms with E-state index >= 15 is 0 Å². The number of nitrogens with zero attached hydrogens (tertiary/aromatic N) is 1. The quantitative estimate of drug-likeness (QED) is 0.437. The van der Waals surface area contributed by atoms with Crippen molar-refractivity contribution in [1.82, 2.24) is 4.72 Å². The fourth-order valence-electron chi connectivity index (χ4n) is 3.36. The number of sulfonamides is 1. The molecule has 3 aromatic rings. The topological polar surface area (TPSA) is 125 Å². The maximum atomic E-state index is 14.9. The number of urea groups is 1. The average Bonchev–Trinajstić information content (AvgIpc) is 3.21. The molecular formula is C21H16ClFN4O5S2. The number of hydrogen-bond donors (Lipinski definition) is 3. The van der Waals surface area contributed by atoms with Gasteiger partial charge in [-0.1, -0.05) is 11.6 Å². The fraction of sp³-hybridized carbons (Fsp3) is 0.0952. The van der Waals surface area contributed by atoms with E-state index in [1.165, 1.54) is 18.2 Å². The first-order chi connectivity index (χ1) is 16.1. The molecule has 0 bridgehead atoms. The van der Waals surface area contributed by atoms with Crippen LogP contribution in [-0.4, -0.2) is 33.3 Å². The molecule has 9 nitrogen and oxygen atoms in total. The third-order valence-corrected chi connectivity index (χ3v) is 7.96. The molecule has 13 heteroatoms. The molecule has 0 unspecified atom stereocenters. The highest BCUT2D eigenvalue weighted by atomic mass is 35.5. The van der Waals surface area contributed by atoms with Crippen LogP contribution >= 0.6 is 22.9 Å². The molecule has 2 heterocycles. The smallest absolute Gasteiger partial charge is 0.333 e. The van der Waals surface area contributed by atoms with Crippen LogP contribution in [0.4, 0.5) is 26.2 Å². The summed E-state index contributed by atoms with van der Waals surface area (Å²) in [5.74, 6) is -2.24. The molecular weight excluding hydrogens is 507 g/mol. The molecule has 0 spiro atoms. The lowest BCUT2D eigenvalue weighted by atomic mass is 9.97. The van der Waals surface area contributed by atoms with Crippen molar-refractivity contribution in [3.05, 3.63) is 69.8 Å². The molecule has 0 atom stereocenters. The highest BCUT2D eigenvalue weighted by Crippen LogP contribution is 2.30. The van der Waals surface area contributed by atoms with Gasteiger partial charge in [0.1, 0.15) is 10.0 Å². The number of thiophene rings is 1. The molecule has 3 N–H and O–H groups in total. The molecule has 0 saturated heterocycles. The van der Waals surface area contributed by atoms with Gasteiger partial charge in [0.2, 0.25) is 5.91 Å². The van der Waals surface area contributed by atoms with E-state index in [2.05, 4.69) is 10.6 Å². The summed E-state index contributed by atoms with van der Waals surface area (Å²) in [5, 5.41) is 5.13. The summed E-state index contributed by atoms with van der Waals surface area (Å²) >= 11 is 6.48. The molecule has 1 aliphatic heterocycles. The maximum Gasteiger partial charge on any atom is 0.333 e. The number of fused-ring (bicyclic) bond motifs is 1. The zero-order chi connectivity index (χ0) is 24.6. The minimum absolute atomic E-state index is 0.0888. The minimum atomic E-state index is -4.17. The summed E-state index contributed by atoms with van der Waals surface area (Å²) in [6.07, 6.45) is -0.0942. The number of amides is 4. The van der Waals surface area contributed by atoms with E-state index in [9.17, 15) is 27.2 Å². The summed E-state index contributed by atoms with van der Waals surface area (Å²) < 4.78 is 41.1. The van der Waals surface area contributed by atoms with Crippen LogP contribution in [0.1, 0.15) is 15.9 Å². The van der Waals surface area contributed by atoms with Gasteiger partial charge in [0.15, 0.2) is 0 Å². The second-order valence-electron chi connectivity index (χ2n) is 7.12. The standard InChI is InChI=1S/C21H16ClFN4O5S2/c1-24-12-2-4-14-11(8-12)9-18(28)27(20(14)29)16-5-3-13(10-15(16)23)25-21(30)26-34(31,32)19-7-6-17(22)33-19/h2-8,10,24H,9H2,1H3,(H2,25,26,30). The predicted molar refractivity (Wildman–Crippen MR) is 127 cm³/mol. The van der Waals surface area contributed by atoms with Crippen molar-refractivity contribution < 1.29 is 27.2 Å². The van der Waals surface area contributed by atoms with Gasteiger partial charge < -0.3 is 10.6 Å². The summed E-state index contributed by atoms with van der Waals surface area (Å²) in [6.45, 7) is 0. The van der Waals surface area contributed by atoms with Crippen LogP contribution in [0.3, 0.4) is 0 Å². The Morgan fingerprint density at radius 2 is 1.82 bits per heavy atom. The van der Waals surface area contributed by atoms with E-state index in [1.807, 2.05) is 0 Å². The lowest BCUT2D eigenvalue weighted by Crippen LogP contribution is -2.43. The molecule has 0 radical (unpaired) electrons. The van der Waals surface area contributed by atoms with E-state index in [1.54, 1.807) is 30.0 Å². The largest absolute Gasteiger partial charge is 0.388 e. The van der Waals surface area contributed by atoms with Crippen molar-refractivity contribution in [1.29, 1.82) is 0 Å². The minimum Gasteiger partial charge on any atom is -0.388 e. The van der Waals surface area contributed by atoms with Gasteiger partial charge in [-0.15, -0.1) is 11.3 Å². The number of carbonyl (C=O) groups excluding carboxylic acids is 3. The summed E-state index contributed by atoms with van der Waals surface area (Å²) in [7, 11) is -2.46. The number of carbonyl (C=O) groups is 3. The summed E-state index contributed by atoms with van der Waals surface area (Å²) in [5.41, 5.74) is 1.16. The van der Waals surface area contributed by atoms with E-state index in [4.69, 9.17) is 11.6 Å². The number of imide groups is 1. The lowest BCUT2D eigenvalue weighted by molar-refractivity contribution is -0.117. The van der Waals surface area contributed by atoms with E-state index < -0.39 is 33.7 Å². The Bertz CT molecular complexity index is 1440. The molecule has 0 fully saturated rings. The number of rotatable bonds is 5. The number of nitrogens with one attached hydrogen (secondary N) is 3. The van der Waals surface area contributed by atoms with Crippen LogP contribution in [-0.2, 0) is 21.2 Å². The van der Waals surface area contributed by atoms with E-state index in [0.717, 1.165) is 34.1 Å². The van der Waals surface area contributed by atoms with Crippen LogP contribution in [0.2, 0.25) is 4.34 Å². The Morgan fingerprint density at radius 3 is 2.47 bits per heavy atom. The van der Waals surface area contributed by atoms with Gasteiger partial charge in [-0.25, -0.2) is 27.2 Å². The van der Waals surface area contributed by atoms with Crippen LogP contribution in [0.15, 0.2) is 52.7 Å². The first-order valence-corrected chi connectivity index (χ1v) is 12.3. The third kappa shape index (κ3) is 4.60. The number of anilines is 3. The third-order valence-electron chi connectivity index (χ3n) is 4.91. The van der Waals surface area contributed by atoms with Crippen LogP contribution in [0.5, 0.6) is 0 Å². The van der Waals surface area contributed by atoms with Gasteiger partial charge in [-0.3, -0.25) is 9.59 Å². The normalized spacial score (nSPS) is 13.4. The highest BCUT2D eigenvalue weighted by Gasteiger charge is 2.34. The Morgan fingerprint density at radius 1 is 1.09 bits per heavy atom. The van der Waals surface area contributed by atoms with Crippen molar-refractivity contribution >= 4 is 67.9 Å². The molecule has 0 saturated carbocycles. The zero-order valence-corrected chi connectivity index (χ0v) is 19.8. The van der Waals surface area contributed by atoms with Crippen LogP contribution in [0.25, 0.3) is 0 Å². The molecule has 1 aromatic heterocycles. The van der Waals surface area contributed by atoms with Gasteiger partial charge in [-0.05, 0) is 54.1 Å². The molecule has 2 aromatic carbocycles. The first kappa shape index (κ1) is 23.7. The lowest BCUT2D eigenvalue weighted by Gasteiger charge is -2.27. The van der Waals surface area contributed by atoms with Crippen molar-refractivity contribution in [2.45, 2.75) is 10.6 Å². The second kappa shape index (κ2) is 9.05. The zero-order valence-electron chi connectivity index (χ0n) is 17.4. The Labute approximate surface area is 202 Å². The van der Waals surface area contributed by atoms with Gasteiger partial charge in [0, 0.05) is 24.0 Å². The van der Waals surface area contributed by atoms with Crippen molar-refractivity contribution in [3.8, 4) is 0 Å². The van der Waals surface area contributed by atoms with E-state index in [-0.39, 0.29) is 31.9 Å². The molecule has 34 heavy (non-hydrogen) atoms.